The van der Waals surface area contributed by atoms with Crippen molar-refractivity contribution in [2.45, 2.75) is 0 Å². The first-order valence-electron chi connectivity index (χ1n) is 4.41. The smallest absolute Gasteiger partial charge is 0.336 e. The van der Waals surface area contributed by atoms with Crippen LogP contribution < -0.4 is 5.32 Å². The van der Waals surface area contributed by atoms with E-state index in [0.29, 0.717) is 12.1 Å². The summed E-state index contributed by atoms with van der Waals surface area (Å²) in [7, 11) is 0. The van der Waals surface area contributed by atoms with Gasteiger partial charge in [-0.15, -0.1) is 6.42 Å². The molecule has 0 saturated carbocycles. The SMILES string of the molecule is C#CCNC(=O)c1cc(F)c(F)cc1C(=O)O. The third-order valence-corrected chi connectivity index (χ3v) is 1.89. The van der Waals surface area contributed by atoms with Gasteiger partial charge in [0.2, 0.25) is 0 Å². The molecule has 0 unspecified atom stereocenters. The van der Waals surface area contributed by atoms with Crippen molar-refractivity contribution in [3.8, 4) is 12.3 Å². The molecule has 6 heteroatoms. The molecule has 88 valence electrons. The topological polar surface area (TPSA) is 66.4 Å². The van der Waals surface area contributed by atoms with Crippen LogP contribution in [-0.2, 0) is 0 Å². The van der Waals surface area contributed by atoms with Crippen molar-refractivity contribution in [3.63, 3.8) is 0 Å². The molecule has 0 aromatic heterocycles. The summed E-state index contributed by atoms with van der Waals surface area (Å²) in [5.74, 6) is -2.95. The number of benzene rings is 1. The van der Waals surface area contributed by atoms with Crippen LogP contribution >= 0.6 is 0 Å². The van der Waals surface area contributed by atoms with E-state index in [1.54, 1.807) is 0 Å². The van der Waals surface area contributed by atoms with Gasteiger partial charge in [-0.1, -0.05) is 5.92 Å². The highest BCUT2D eigenvalue weighted by atomic mass is 19.2. The van der Waals surface area contributed by atoms with Crippen molar-refractivity contribution in [2.24, 2.45) is 0 Å². The molecule has 1 amide bonds. The van der Waals surface area contributed by atoms with E-state index in [1.165, 1.54) is 0 Å². The molecular weight excluding hydrogens is 232 g/mol. The summed E-state index contributed by atoms with van der Waals surface area (Å²) in [5.41, 5.74) is -1.11. The second-order valence-corrected chi connectivity index (χ2v) is 3.00. The minimum Gasteiger partial charge on any atom is -0.478 e. The van der Waals surface area contributed by atoms with Crippen LogP contribution in [0.3, 0.4) is 0 Å². The fourth-order valence-electron chi connectivity index (χ4n) is 1.14. The van der Waals surface area contributed by atoms with Crippen LogP contribution in [0.1, 0.15) is 20.7 Å². The number of terminal acetylenes is 1. The van der Waals surface area contributed by atoms with Gasteiger partial charge in [0.25, 0.3) is 5.91 Å². The number of halogens is 2. The zero-order valence-corrected chi connectivity index (χ0v) is 8.46. The van der Waals surface area contributed by atoms with E-state index in [4.69, 9.17) is 11.5 Å². The fraction of sp³-hybridized carbons (Fsp3) is 0.0909. The van der Waals surface area contributed by atoms with Gasteiger partial charge < -0.3 is 10.4 Å². The molecule has 1 aromatic carbocycles. The third kappa shape index (κ3) is 2.78. The Labute approximate surface area is 95.3 Å². The van der Waals surface area contributed by atoms with E-state index in [-0.39, 0.29) is 6.54 Å². The predicted octanol–water partition coefficient (Wildman–Crippen LogP) is 1.03. The molecule has 17 heavy (non-hydrogen) atoms. The van der Waals surface area contributed by atoms with Gasteiger partial charge >= 0.3 is 5.97 Å². The molecule has 0 heterocycles. The average Bonchev–Trinajstić information content (AvgIpc) is 2.28. The van der Waals surface area contributed by atoms with Crippen molar-refractivity contribution in [3.05, 3.63) is 34.9 Å². The van der Waals surface area contributed by atoms with Gasteiger partial charge in [-0.2, -0.15) is 0 Å². The predicted molar refractivity (Wildman–Crippen MR) is 54.5 cm³/mol. The Bertz CT molecular complexity index is 520. The van der Waals surface area contributed by atoms with Crippen LogP contribution in [0.15, 0.2) is 12.1 Å². The van der Waals surface area contributed by atoms with Crippen molar-refractivity contribution >= 4 is 11.9 Å². The Hall–Kier alpha value is -2.42. The maximum absolute atomic E-state index is 12.9. The van der Waals surface area contributed by atoms with E-state index in [0.717, 1.165) is 0 Å². The number of amides is 1. The Kier molecular flexibility index (Phi) is 3.78. The molecule has 0 saturated heterocycles. The average molecular weight is 239 g/mol. The number of hydrogen-bond acceptors (Lipinski definition) is 2. The summed E-state index contributed by atoms with van der Waals surface area (Å²) in [6.45, 7) is -0.142. The number of carbonyl (C=O) groups is 2. The van der Waals surface area contributed by atoms with Crippen LogP contribution in [-0.4, -0.2) is 23.5 Å². The van der Waals surface area contributed by atoms with E-state index in [9.17, 15) is 18.4 Å². The lowest BCUT2D eigenvalue weighted by Crippen LogP contribution is -2.26. The second kappa shape index (κ2) is 5.07. The quantitative estimate of drug-likeness (QED) is 0.774. The first-order valence-corrected chi connectivity index (χ1v) is 4.41. The summed E-state index contributed by atoms with van der Waals surface area (Å²) in [6.07, 6.45) is 4.89. The van der Waals surface area contributed by atoms with Crippen LogP contribution in [0.4, 0.5) is 8.78 Å². The first kappa shape index (κ1) is 12.6. The lowest BCUT2D eigenvalue weighted by Gasteiger charge is -2.06. The maximum Gasteiger partial charge on any atom is 0.336 e. The molecule has 0 aliphatic heterocycles. The monoisotopic (exact) mass is 239 g/mol. The van der Waals surface area contributed by atoms with Crippen molar-refractivity contribution in [1.29, 1.82) is 0 Å². The summed E-state index contributed by atoms with van der Waals surface area (Å²) < 4.78 is 25.7. The van der Waals surface area contributed by atoms with Crippen molar-refractivity contribution in [1.82, 2.24) is 5.32 Å². The van der Waals surface area contributed by atoms with Gasteiger partial charge in [0.05, 0.1) is 17.7 Å². The molecule has 1 aromatic rings. The third-order valence-electron chi connectivity index (χ3n) is 1.89. The Morgan fingerprint density at radius 3 is 2.29 bits per heavy atom. The number of hydrogen-bond donors (Lipinski definition) is 2. The highest BCUT2D eigenvalue weighted by Crippen LogP contribution is 2.15. The minimum atomic E-state index is -1.53. The molecule has 0 radical (unpaired) electrons. The molecule has 0 fully saturated rings. The highest BCUT2D eigenvalue weighted by Gasteiger charge is 2.19. The number of rotatable bonds is 3. The van der Waals surface area contributed by atoms with Gasteiger partial charge in [-0.05, 0) is 12.1 Å². The van der Waals surface area contributed by atoms with Gasteiger partial charge in [0.15, 0.2) is 11.6 Å². The molecule has 1 rings (SSSR count). The van der Waals surface area contributed by atoms with Crippen LogP contribution in [0.2, 0.25) is 0 Å². The van der Waals surface area contributed by atoms with E-state index in [1.807, 2.05) is 0 Å². The number of carboxylic acid groups (broad SMARTS) is 1. The zero-order chi connectivity index (χ0) is 13.0. The highest BCUT2D eigenvalue weighted by molar-refractivity contribution is 6.04. The molecule has 0 atom stereocenters. The molecule has 0 aliphatic rings. The lowest BCUT2D eigenvalue weighted by molar-refractivity contribution is 0.0690. The molecule has 0 bridgehead atoms. The van der Waals surface area contributed by atoms with E-state index >= 15 is 0 Å². The lowest BCUT2D eigenvalue weighted by atomic mass is 10.1. The number of aromatic carboxylic acids is 1. The van der Waals surface area contributed by atoms with Crippen molar-refractivity contribution < 1.29 is 23.5 Å². The fourth-order valence-corrected chi connectivity index (χ4v) is 1.14. The van der Waals surface area contributed by atoms with Crippen LogP contribution in [0.25, 0.3) is 0 Å². The number of carbonyl (C=O) groups excluding carboxylic acids is 1. The van der Waals surface area contributed by atoms with Gasteiger partial charge in [0.1, 0.15) is 0 Å². The normalized spacial score (nSPS) is 9.47. The summed E-state index contributed by atoms with van der Waals surface area (Å²) >= 11 is 0. The van der Waals surface area contributed by atoms with E-state index in [2.05, 4.69) is 11.2 Å². The second-order valence-electron chi connectivity index (χ2n) is 3.00. The Morgan fingerprint density at radius 2 is 1.82 bits per heavy atom. The molecule has 0 spiro atoms. The summed E-state index contributed by atoms with van der Waals surface area (Å²) in [5, 5.41) is 10.9. The van der Waals surface area contributed by atoms with E-state index < -0.39 is 34.6 Å². The summed E-state index contributed by atoms with van der Waals surface area (Å²) in [4.78, 5) is 22.2. The van der Waals surface area contributed by atoms with Gasteiger partial charge in [-0.25, -0.2) is 13.6 Å². The molecule has 4 nitrogen and oxygen atoms in total. The van der Waals surface area contributed by atoms with Crippen molar-refractivity contribution in [2.75, 3.05) is 6.54 Å². The molecule has 0 aliphatic carbocycles. The molecular formula is C11H7F2NO3. The molecule has 2 N–H and O–H groups in total. The Morgan fingerprint density at radius 1 is 1.29 bits per heavy atom. The summed E-state index contributed by atoms with van der Waals surface area (Å²) in [6, 6.07) is 0.965. The standard InChI is InChI=1S/C11H7F2NO3/c1-2-3-14-10(15)6-4-8(12)9(13)5-7(6)11(16)17/h1,4-5H,3H2,(H,14,15)(H,16,17). The number of nitrogens with one attached hydrogen (secondary N) is 1. The minimum absolute atomic E-state index is 0.142. The van der Waals surface area contributed by atoms with Gasteiger partial charge in [-0.3, -0.25) is 4.79 Å². The largest absolute Gasteiger partial charge is 0.478 e. The zero-order valence-electron chi connectivity index (χ0n) is 8.46. The first-order chi connectivity index (χ1) is 7.97. The van der Waals surface area contributed by atoms with Crippen LogP contribution in [0.5, 0.6) is 0 Å². The maximum atomic E-state index is 12.9. The number of carboxylic acids is 1. The van der Waals surface area contributed by atoms with Gasteiger partial charge in [0, 0.05) is 0 Å². The van der Waals surface area contributed by atoms with Crippen LogP contribution in [0, 0.1) is 24.0 Å². The Balaban J connectivity index is 3.22.